The minimum absolute atomic E-state index is 0.0168. The zero-order chi connectivity index (χ0) is 30.3. The number of sulfonamides is 1. The molecule has 1 aliphatic heterocycles. The average Bonchev–Trinajstić information content (AvgIpc) is 2.86. The fourth-order valence-electron chi connectivity index (χ4n) is 4.96. The van der Waals surface area contributed by atoms with Crippen LogP contribution in [0.5, 0.6) is 5.75 Å². The summed E-state index contributed by atoms with van der Waals surface area (Å²) in [6.07, 6.45) is -3.98. The minimum atomic E-state index is -5.17. The third-order valence-electron chi connectivity index (χ3n) is 6.75. The van der Waals surface area contributed by atoms with Gasteiger partial charge < -0.3 is 9.64 Å². The quantitative estimate of drug-likeness (QED) is 0.352. The van der Waals surface area contributed by atoms with E-state index < -0.39 is 71.1 Å². The Bertz CT molecular complexity index is 1670. The van der Waals surface area contributed by atoms with Gasteiger partial charge in [0.15, 0.2) is 0 Å². The largest absolute Gasteiger partial charge is 0.433 e. The Morgan fingerprint density at radius 1 is 0.951 bits per heavy atom. The molecule has 0 aliphatic carbocycles. The zero-order valence-corrected chi connectivity index (χ0v) is 23.0. The summed E-state index contributed by atoms with van der Waals surface area (Å²) in [5.74, 6) is -1.62. The molecule has 0 aromatic heterocycles. The Kier molecular flexibility index (Phi) is 8.35. The van der Waals surface area contributed by atoms with Gasteiger partial charge in [0.1, 0.15) is 21.4 Å². The van der Waals surface area contributed by atoms with E-state index in [1.807, 2.05) is 0 Å². The van der Waals surface area contributed by atoms with Crippen LogP contribution in [-0.2, 0) is 26.0 Å². The Hall–Kier alpha value is -3.30. The van der Waals surface area contributed by atoms with E-state index >= 15 is 0 Å². The predicted molar refractivity (Wildman–Crippen MR) is 140 cm³/mol. The van der Waals surface area contributed by atoms with Crippen LogP contribution < -0.4 is 14.8 Å². The smallest absolute Gasteiger partial charge is 0.417 e. The maximum absolute atomic E-state index is 14.4. The van der Waals surface area contributed by atoms with Gasteiger partial charge in [0.2, 0.25) is 10.0 Å². The van der Waals surface area contributed by atoms with Crippen molar-refractivity contribution in [2.75, 3.05) is 24.2 Å². The molecule has 4 rings (SSSR count). The number of benzene rings is 3. The Morgan fingerprint density at radius 3 is 2.12 bits per heavy atom. The topological polar surface area (TPSA) is 107 Å². The van der Waals surface area contributed by atoms with Crippen LogP contribution in [0.25, 0.3) is 22.3 Å². The van der Waals surface area contributed by atoms with E-state index in [4.69, 9.17) is 9.88 Å². The van der Waals surface area contributed by atoms with E-state index in [0.29, 0.717) is 6.07 Å². The second kappa shape index (κ2) is 11.2. The van der Waals surface area contributed by atoms with Crippen LogP contribution in [0, 0.1) is 5.82 Å². The SMILES string of the molecule is CS(=O)(=O)C1CCN(c2ccc(-c3cccc(F)c3)c(OC(F)F)c2-c2c(C(F)(F)F)cccc2S(N)(=O)=O)CC1. The normalized spacial score (nSPS) is 15.4. The van der Waals surface area contributed by atoms with E-state index in [2.05, 4.69) is 0 Å². The monoisotopic (exact) mass is 622 g/mol. The number of hydrogen-bond donors (Lipinski definition) is 1. The van der Waals surface area contributed by atoms with Crippen LogP contribution in [0.3, 0.4) is 0 Å². The van der Waals surface area contributed by atoms with Crippen molar-refractivity contribution >= 4 is 25.5 Å². The molecule has 0 spiro atoms. The number of piperidine rings is 1. The number of primary sulfonamides is 1. The summed E-state index contributed by atoms with van der Waals surface area (Å²) in [5.41, 5.74) is -3.60. The number of alkyl halides is 5. The summed E-state index contributed by atoms with van der Waals surface area (Å²) < 4.78 is 139. The van der Waals surface area contributed by atoms with Gasteiger partial charge in [-0.05, 0) is 54.8 Å². The summed E-state index contributed by atoms with van der Waals surface area (Å²) in [6, 6.07) is 9.28. The van der Waals surface area contributed by atoms with Crippen molar-refractivity contribution in [2.24, 2.45) is 5.14 Å². The van der Waals surface area contributed by atoms with Crippen molar-refractivity contribution in [2.45, 2.75) is 35.8 Å². The van der Waals surface area contributed by atoms with Gasteiger partial charge in [-0.15, -0.1) is 0 Å². The van der Waals surface area contributed by atoms with Crippen molar-refractivity contribution in [3.05, 3.63) is 66.0 Å². The molecule has 0 unspecified atom stereocenters. The number of ether oxygens (including phenoxy) is 1. The van der Waals surface area contributed by atoms with Gasteiger partial charge in [0.25, 0.3) is 0 Å². The fraction of sp³-hybridized carbons (Fsp3) is 0.308. The summed E-state index contributed by atoms with van der Waals surface area (Å²) in [6.45, 7) is -3.61. The number of hydrogen-bond acceptors (Lipinski definition) is 6. The molecule has 1 fully saturated rings. The molecule has 7 nitrogen and oxygen atoms in total. The second-order valence-corrected chi connectivity index (χ2v) is 13.3. The molecule has 3 aromatic carbocycles. The van der Waals surface area contributed by atoms with Crippen LogP contribution in [0.1, 0.15) is 18.4 Å². The van der Waals surface area contributed by atoms with E-state index in [-0.39, 0.29) is 42.7 Å². The number of rotatable bonds is 7. The molecule has 15 heteroatoms. The van der Waals surface area contributed by atoms with Crippen molar-refractivity contribution in [3.8, 4) is 28.0 Å². The number of anilines is 1. The van der Waals surface area contributed by atoms with Crippen LogP contribution in [0.15, 0.2) is 59.5 Å². The van der Waals surface area contributed by atoms with Crippen molar-refractivity contribution in [1.29, 1.82) is 0 Å². The molecule has 0 saturated carbocycles. The highest BCUT2D eigenvalue weighted by Crippen LogP contribution is 2.51. The minimum Gasteiger partial charge on any atom is -0.433 e. The third-order valence-corrected chi connectivity index (χ3v) is 9.39. The van der Waals surface area contributed by atoms with Gasteiger partial charge in [0.05, 0.1) is 21.3 Å². The summed E-state index contributed by atoms with van der Waals surface area (Å²) in [7, 11) is -8.32. The summed E-state index contributed by atoms with van der Waals surface area (Å²) >= 11 is 0. The number of halogens is 6. The van der Waals surface area contributed by atoms with Gasteiger partial charge in [-0.2, -0.15) is 22.0 Å². The van der Waals surface area contributed by atoms with Gasteiger partial charge in [-0.3, -0.25) is 0 Å². The lowest BCUT2D eigenvalue weighted by Gasteiger charge is -2.35. The molecule has 1 heterocycles. The molecule has 0 atom stereocenters. The number of sulfone groups is 1. The lowest BCUT2D eigenvalue weighted by molar-refractivity contribution is -0.137. The molecule has 1 saturated heterocycles. The van der Waals surface area contributed by atoms with Gasteiger partial charge in [0, 0.05) is 36.2 Å². The van der Waals surface area contributed by atoms with Crippen molar-refractivity contribution < 1.29 is 47.9 Å². The molecular weight excluding hydrogens is 598 g/mol. The standard InChI is InChI=1S/C26H24F6N2O5S2/c1-40(35,36)17-10-12-34(13-11-17)20-9-8-18(15-4-2-5-16(27)14-15)24(39-25(28)29)23(20)22-19(26(30,31)32)6-3-7-21(22)41(33,37)38/h2-9,14,17,25H,10-13H2,1H3,(H2,33,37,38). The average molecular weight is 623 g/mol. The second-order valence-electron chi connectivity index (χ2n) is 9.46. The first-order valence-corrected chi connectivity index (χ1v) is 15.5. The molecular formula is C26H24F6N2O5S2. The van der Waals surface area contributed by atoms with E-state index in [0.717, 1.165) is 30.5 Å². The summed E-state index contributed by atoms with van der Waals surface area (Å²) in [5, 5.41) is 4.57. The number of nitrogens with two attached hydrogens (primary N) is 1. The van der Waals surface area contributed by atoms with Gasteiger partial charge >= 0.3 is 12.8 Å². The lowest BCUT2D eigenvalue weighted by Crippen LogP contribution is -2.39. The van der Waals surface area contributed by atoms with Gasteiger partial charge in [-0.1, -0.05) is 18.2 Å². The molecule has 0 bridgehead atoms. The number of nitrogens with zero attached hydrogens (tertiary/aromatic N) is 1. The van der Waals surface area contributed by atoms with Crippen molar-refractivity contribution in [1.82, 2.24) is 0 Å². The molecule has 1 aliphatic rings. The third kappa shape index (κ3) is 6.62. The molecule has 222 valence electrons. The fourth-order valence-corrected chi connectivity index (χ4v) is 6.79. The van der Waals surface area contributed by atoms with Crippen LogP contribution >= 0.6 is 0 Å². The first kappa shape index (κ1) is 30.7. The van der Waals surface area contributed by atoms with Crippen LogP contribution in [0.2, 0.25) is 0 Å². The van der Waals surface area contributed by atoms with E-state index in [1.165, 1.54) is 29.2 Å². The highest BCUT2D eigenvalue weighted by atomic mass is 32.2. The Morgan fingerprint density at radius 2 is 1.59 bits per heavy atom. The highest BCUT2D eigenvalue weighted by Gasteiger charge is 2.39. The molecule has 41 heavy (non-hydrogen) atoms. The van der Waals surface area contributed by atoms with Gasteiger partial charge in [-0.25, -0.2) is 26.4 Å². The van der Waals surface area contributed by atoms with Crippen LogP contribution in [0.4, 0.5) is 32.0 Å². The Balaban J connectivity index is 2.13. The van der Waals surface area contributed by atoms with E-state index in [9.17, 15) is 43.2 Å². The maximum Gasteiger partial charge on any atom is 0.417 e. The maximum atomic E-state index is 14.4. The lowest BCUT2D eigenvalue weighted by atomic mass is 9.91. The highest BCUT2D eigenvalue weighted by molar-refractivity contribution is 7.91. The van der Waals surface area contributed by atoms with E-state index in [1.54, 1.807) is 0 Å². The van der Waals surface area contributed by atoms with Crippen molar-refractivity contribution in [3.63, 3.8) is 0 Å². The molecule has 2 N–H and O–H groups in total. The molecule has 3 aromatic rings. The molecule has 0 radical (unpaired) electrons. The van der Waals surface area contributed by atoms with Crippen LogP contribution in [-0.4, -0.2) is 48.0 Å². The summed E-state index contributed by atoms with van der Waals surface area (Å²) in [4.78, 5) is 0.459. The zero-order valence-electron chi connectivity index (χ0n) is 21.3. The molecule has 0 amide bonds. The predicted octanol–water partition coefficient (Wildman–Crippen LogP) is 5.44. The first-order chi connectivity index (χ1) is 19.0. The Labute approximate surface area is 232 Å². The first-order valence-electron chi connectivity index (χ1n) is 12.0.